The van der Waals surface area contributed by atoms with Crippen molar-refractivity contribution in [2.75, 3.05) is 13.1 Å². The molecule has 1 aliphatic rings. The van der Waals surface area contributed by atoms with Gasteiger partial charge >= 0.3 is 0 Å². The summed E-state index contributed by atoms with van der Waals surface area (Å²) < 4.78 is 28.9. The van der Waals surface area contributed by atoms with Crippen molar-refractivity contribution in [1.29, 1.82) is 0 Å². The molecule has 11 heteroatoms. The van der Waals surface area contributed by atoms with Gasteiger partial charge in [0, 0.05) is 37.7 Å². The maximum atomic E-state index is 13.6. The standard InChI is InChI=1S/C27H27ClF2N6O2/c1-16-10-23(36(33-16)14-24(29)30)26(37)32-21-8-9-35(13-19(21)17-6-4-3-5-7-17)27(38)18-11-20(28)25-22(12-18)34(2)15-31-25/h3-7,10-12,15,19,21,24H,8-9,13-14H2,1-2H3,(H,32,37)/t19-,21-/m1/s1. The fourth-order valence-corrected chi connectivity index (χ4v) is 5.34. The molecule has 0 spiro atoms. The quantitative estimate of drug-likeness (QED) is 0.392. The third kappa shape index (κ3) is 5.13. The van der Waals surface area contributed by atoms with E-state index in [0.29, 0.717) is 41.3 Å². The number of fused-ring (bicyclic) bond motifs is 1. The molecule has 38 heavy (non-hydrogen) atoms. The van der Waals surface area contributed by atoms with Gasteiger partial charge in [-0.15, -0.1) is 0 Å². The van der Waals surface area contributed by atoms with Crippen molar-refractivity contribution in [1.82, 2.24) is 29.5 Å². The topological polar surface area (TPSA) is 85.0 Å². The van der Waals surface area contributed by atoms with Crippen LogP contribution in [-0.2, 0) is 13.6 Å². The Hall–Kier alpha value is -3.79. The molecule has 4 aromatic rings. The number of carbonyl (C=O) groups is 2. The second-order valence-corrected chi connectivity index (χ2v) is 9.97. The number of rotatable bonds is 6. The molecule has 2 amide bonds. The number of benzene rings is 2. The van der Waals surface area contributed by atoms with Gasteiger partial charge in [0.25, 0.3) is 18.2 Å². The van der Waals surface area contributed by atoms with Gasteiger partial charge in [0.1, 0.15) is 17.8 Å². The lowest BCUT2D eigenvalue weighted by Gasteiger charge is -2.39. The molecular weight excluding hydrogens is 514 g/mol. The zero-order chi connectivity index (χ0) is 27.0. The van der Waals surface area contributed by atoms with Crippen LogP contribution in [0.15, 0.2) is 54.9 Å². The minimum absolute atomic E-state index is 0.0900. The number of piperidine rings is 1. The second-order valence-electron chi connectivity index (χ2n) is 9.56. The van der Waals surface area contributed by atoms with Crippen molar-refractivity contribution in [3.63, 3.8) is 0 Å². The van der Waals surface area contributed by atoms with E-state index in [0.717, 1.165) is 15.8 Å². The van der Waals surface area contributed by atoms with Gasteiger partial charge in [0.2, 0.25) is 0 Å². The molecular formula is C27H27ClF2N6O2. The molecule has 1 fully saturated rings. The number of carbonyl (C=O) groups excluding carboxylic acids is 2. The molecule has 2 aromatic heterocycles. The number of imidazole rings is 1. The summed E-state index contributed by atoms with van der Waals surface area (Å²) in [4.78, 5) is 32.8. The van der Waals surface area contributed by atoms with E-state index in [1.165, 1.54) is 6.07 Å². The summed E-state index contributed by atoms with van der Waals surface area (Å²) in [5.41, 5.74) is 3.40. The largest absolute Gasteiger partial charge is 0.347 e. The number of nitrogens with one attached hydrogen (secondary N) is 1. The van der Waals surface area contributed by atoms with Gasteiger partial charge in [-0.05, 0) is 37.1 Å². The van der Waals surface area contributed by atoms with Crippen LogP contribution in [0.3, 0.4) is 0 Å². The van der Waals surface area contributed by atoms with Gasteiger partial charge in [-0.3, -0.25) is 14.3 Å². The molecule has 1 N–H and O–H groups in total. The highest BCUT2D eigenvalue weighted by atomic mass is 35.5. The van der Waals surface area contributed by atoms with Gasteiger partial charge in [0.05, 0.1) is 22.6 Å². The number of aryl methyl sites for hydroxylation is 2. The van der Waals surface area contributed by atoms with Crippen molar-refractivity contribution in [3.05, 3.63) is 82.4 Å². The van der Waals surface area contributed by atoms with Crippen molar-refractivity contribution < 1.29 is 18.4 Å². The smallest absolute Gasteiger partial charge is 0.269 e. The van der Waals surface area contributed by atoms with Crippen LogP contribution in [0, 0.1) is 6.92 Å². The molecule has 8 nitrogen and oxygen atoms in total. The van der Waals surface area contributed by atoms with E-state index in [-0.39, 0.29) is 23.6 Å². The molecule has 0 bridgehead atoms. The summed E-state index contributed by atoms with van der Waals surface area (Å²) in [6.45, 7) is 1.77. The Balaban J connectivity index is 1.40. The average Bonchev–Trinajstić information content (AvgIpc) is 3.46. The zero-order valence-electron chi connectivity index (χ0n) is 20.9. The number of nitrogens with zero attached hydrogens (tertiary/aromatic N) is 5. The molecule has 0 unspecified atom stereocenters. The van der Waals surface area contributed by atoms with Crippen LogP contribution in [0.1, 0.15) is 44.4 Å². The van der Waals surface area contributed by atoms with E-state index in [9.17, 15) is 18.4 Å². The minimum Gasteiger partial charge on any atom is -0.347 e. The van der Waals surface area contributed by atoms with E-state index in [1.807, 2.05) is 41.9 Å². The monoisotopic (exact) mass is 540 g/mol. The van der Waals surface area contributed by atoms with E-state index in [2.05, 4.69) is 15.4 Å². The van der Waals surface area contributed by atoms with Crippen molar-refractivity contribution in [2.45, 2.75) is 38.3 Å². The Kier molecular flexibility index (Phi) is 7.16. The maximum Gasteiger partial charge on any atom is 0.269 e. The normalized spacial score (nSPS) is 17.8. The zero-order valence-corrected chi connectivity index (χ0v) is 21.7. The Morgan fingerprint density at radius 2 is 1.95 bits per heavy atom. The van der Waals surface area contributed by atoms with E-state index < -0.39 is 18.9 Å². The number of hydrogen-bond acceptors (Lipinski definition) is 4. The van der Waals surface area contributed by atoms with Gasteiger partial charge in [-0.1, -0.05) is 41.9 Å². The highest BCUT2D eigenvalue weighted by Crippen LogP contribution is 2.30. The molecule has 1 saturated heterocycles. The minimum atomic E-state index is -2.63. The average molecular weight is 541 g/mol. The van der Waals surface area contributed by atoms with Gasteiger partial charge in [-0.2, -0.15) is 5.10 Å². The third-order valence-electron chi connectivity index (χ3n) is 6.92. The maximum absolute atomic E-state index is 13.6. The third-order valence-corrected chi connectivity index (χ3v) is 7.21. The first-order chi connectivity index (χ1) is 18.2. The molecule has 2 aromatic carbocycles. The van der Waals surface area contributed by atoms with Gasteiger partial charge in [0.15, 0.2) is 0 Å². The van der Waals surface area contributed by atoms with Crippen LogP contribution in [0.5, 0.6) is 0 Å². The van der Waals surface area contributed by atoms with E-state index >= 15 is 0 Å². The van der Waals surface area contributed by atoms with Crippen LogP contribution in [0.2, 0.25) is 5.02 Å². The van der Waals surface area contributed by atoms with Crippen molar-refractivity contribution >= 4 is 34.4 Å². The van der Waals surface area contributed by atoms with Crippen LogP contribution in [0.25, 0.3) is 11.0 Å². The lowest BCUT2D eigenvalue weighted by molar-refractivity contribution is 0.0670. The molecule has 198 valence electrons. The Labute approximate surface area is 223 Å². The van der Waals surface area contributed by atoms with E-state index in [1.54, 1.807) is 30.3 Å². The summed E-state index contributed by atoms with van der Waals surface area (Å²) in [7, 11) is 1.84. The van der Waals surface area contributed by atoms with Crippen LogP contribution >= 0.6 is 11.6 Å². The summed E-state index contributed by atoms with van der Waals surface area (Å²) in [6, 6.07) is 14.3. The summed E-state index contributed by atoms with van der Waals surface area (Å²) in [6.07, 6.45) is -0.494. The summed E-state index contributed by atoms with van der Waals surface area (Å²) >= 11 is 6.42. The molecule has 2 atom stereocenters. The van der Waals surface area contributed by atoms with E-state index in [4.69, 9.17) is 11.6 Å². The van der Waals surface area contributed by atoms with Crippen molar-refractivity contribution in [2.24, 2.45) is 7.05 Å². The number of likely N-dealkylation sites (tertiary alicyclic amines) is 1. The lowest BCUT2D eigenvalue weighted by Crippen LogP contribution is -2.51. The molecule has 0 aliphatic carbocycles. The molecule has 0 saturated carbocycles. The predicted molar refractivity (Wildman–Crippen MR) is 140 cm³/mol. The highest BCUT2D eigenvalue weighted by molar-refractivity contribution is 6.35. The number of hydrogen-bond donors (Lipinski definition) is 1. The number of halogens is 3. The van der Waals surface area contributed by atoms with Gasteiger partial charge < -0.3 is 14.8 Å². The highest BCUT2D eigenvalue weighted by Gasteiger charge is 2.35. The molecule has 3 heterocycles. The summed E-state index contributed by atoms with van der Waals surface area (Å²) in [5.74, 6) is -0.835. The Bertz CT molecular complexity index is 1490. The first kappa shape index (κ1) is 25.8. The van der Waals surface area contributed by atoms with Crippen molar-refractivity contribution in [3.8, 4) is 0 Å². The Morgan fingerprint density at radius 1 is 1.18 bits per heavy atom. The van der Waals surface area contributed by atoms with Crippen LogP contribution in [0.4, 0.5) is 8.78 Å². The fourth-order valence-electron chi connectivity index (χ4n) is 5.08. The summed E-state index contributed by atoms with van der Waals surface area (Å²) in [5, 5.41) is 7.49. The molecule has 5 rings (SSSR count). The SMILES string of the molecule is Cc1cc(C(=O)N[C@@H]2CCN(C(=O)c3cc(Cl)c4ncn(C)c4c3)C[C@@H]2c2ccccc2)n(CC(F)F)n1. The van der Waals surface area contributed by atoms with Gasteiger partial charge in [-0.25, -0.2) is 13.8 Å². The van der Waals surface area contributed by atoms with Crippen LogP contribution < -0.4 is 5.32 Å². The van der Waals surface area contributed by atoms with Crippen LogP contribution in [-0.4, -0.2) is 61.6 Å². The Morgan fingerprint density at radius 3 is 2.68 bits per heavy atom. The first-order valence-electron chi connectivity index (χ1n) is 12.3. The number of aromatic nitrogens is 4. The lowest BCUT2D eigenvalue weighted by atomic mass is 9.85. The first-order valence-corrected chi connectivity index (χ1v) is 12.7. The number of alkyl halides is 2. The number of amides is 2. The fraction of sp³-hybridized carbons (Fsp3) is 0.333. The molecule has 1 aliphatic heterocycles. The second kappa shape index (κ2) is 10.5. The predicted octanol–water partition coefficient (Wildman–Crippen LogP) is 4.43. The molecule has 0 radical (unpaired) electrons.